The first-order valence-corrected chi connectivity index (χ1v) is 6.00. The second-order valence-corrected chi connectivity index (χ2v) is 4.49. The minimum Gasteiger partial charge on any atom is -0.345 e. The van der Waals surface area contributed by atoms with Crippen LogP contribution in [0.15, 0.2) is 42.5 Å². The Morgan fingerprint density at radius 2 is 1.72 bits per heavy atom. The van der Waals surface area contributed by atoms with Gasteiger partial charge in [0.05, 0.1) is 0 Å². The zero-order valence-corrected chi connectivity index (χ0v) is 11.0. The number of nitrogens with zero attached hydrogens (tertiary/aromatic N) is 1. The largest absolute Gasteiger partial charge is 0.345 e. The number of rotatable bonds is 2. The Labute approximate surface area is 108 Å². The third kappa shape index (κ3) is 2.28. The van der Waals surface area contributed by atoms with E-state index in [0.717, 1.165) is 21.9 Å². The van der Waals surface area contributed by atoms with E-state index >= 15 is 0 Å². The lowest BCUT2D eigenvalue weighted by Crippen LogP contribution is -2.22. The van der Waals surface area contributed by atoms with Crippen LogP contribution in [-0.2, 0) is 0 Å². The first-order chi connectivity index (χ1) is 8.63. The maximum Gasteiger partial charge on any atom is 0.253 e. The van der Waals surface area contributed by atoms with Crippen LogP contribution in [0.5, 0.6) is 0 Å². The SMILES string of the molecule is C/C=C/c1cc2ccccc2cc1C(=O)N(C)C. The van der Waals surface area contributed by atoms with Crippen molar-refractivity contribution < 1.29 is 4.79 Å². The summed E-state index contributed by atoms with van der Waals surface area (Å²) in [6, 6.07) is 12.1. The molecular weight excluding hydrogens is 222 g/mol. The Morgan fingerprint density at radius 1 is 1.11 bits per heavy atom. The van der Waals surface area contributed by atoms with Gasteiger partial charge in [0.25, 0.3) is 5.91 Å². The molecule has 0 saturated carbocycles. The van der Waals surface area contributed by atoms with Crippen molar-refractivity contribution in [2.45, 2.75) is 6.92 Å². The standard InChI is InChI=1S/C16H17NO/c1-4-7-14-10-12-8-5-6-9-13(12)11-15(14)16(18)17(2)3/h4-11H,1-3H3/b7-4+. The highest BCUT2D eigenvalue weighted by Crippen LogP contribution is 2.22. The Morgan fingerprint density at radius 3 is 2.28 bits per heavy atom. The predicted molar refractivity (Wildman–Crippen MR) is 76.7 cm³/mol. The van der Waals surface area contributed by atoms with Crippen molar-refractivity contribution >= 4 is 22.8 Å². The van der Waals surface area contributed by atoms with Gasteiger partial charge >= 0.3 is 0 Å². The van der Waals surface area contributed by atoms with E-state index in [-0.39, 0.29) is 5.91 Å². The highest BCUT2D eigenvalue weighted by Gasteiger charge is 2.12. The zero-order chi connectivity index (χ0) is 13.1. The lowest BCUT2D eigenvalue weighted by Gasteiger charge is -2.13. The summed E-state index contributed by atoms with van der Waals surface area (Å²) >= 11 is 0. The molecule has 0 aliphatic heterocycles. The molecule has 0 aliphatic rings. The first kappa shape index (κ1) is 12.4. The van der Waals surface area contributed by atoms with Crippen LogP contribution < -0.4 is 0 Å². The average molecular weight is 239 g/mol. The van der Waals surface area contributed by atoms with E-state index in [1.807, 2.05) is 43.3 Å². The molecule has 0 fully saturated rings. The van der Waals surface area contributed by atoms with E-state index in [1.165, 1.54) is 0 Å². The molecule has 2 aromatic carbocycles. The van der Waals surface area contributed by atoms with Gasteiger partial charge in [0.1, 0.15) is 0 Å². The van der Waals surface area contributed by atoms with Gasteiger partial charge in [0.15, 0.2) is 0 Å². The van der Waals surface area contributed by atoms with Crippen LogP contribution in [0.25, 0.3) is 16.8 Å². The highest BCUT2D eigenvalue weighted by molar-refractivity contribution is 6.02. The topological polar surface area (TPSA) is 20.3 Å². The normalized spacial score (nSPS) is 11.1. The molecule has 2 aromatic rings. The van der Waals surface area contributed by atoms with Gasteiger partial charge in [-0.1, -0.05) is 36.4 Å². The molecule has 0 bridgehead atoms. The van der Waals surface area contributed by atoms with Crippen molar-refractivity contribution in [2.24, 2.45) is 0 Å². The summed E-state index contributed by atoms with van der Waals surface area (Å²) < 4.78 is 0. The number of carbonyl (C=O) groups is 1. The van der Waals surface area contributed by atoms with E-state index in [1.54, 1.807) is 19.0 Å². The van der Waals surface area contributed by atoms with Crippen molar-refractivity contribution in [3.05, 3.63) is 53.6 Å². The number of hydrogen-bond donors (Lipinski definition) is 0. The van der Waals surface area contributed by atoms with Crippen molar-refractivity contribution in [3.63, 3.8) is 0 Å². The van der Waals surface area contributed by atoms with E-state index in [9.17, 15) is 4.79 Å². The Hall–Kier alpha value is -2.09. The molecule has 92 valence electrons. The Bertz CT molecular complexity index is 612. The molecule has 0 spiro atoms. The third-order valence-corrected chi connectivity index (χ3v) is 2.90. The monoisotopic (exact) mass is 239 g/mol. The summed E-state index contributed by atoms with van der Waals surface area (Å²) in [6.07, 6.45) is 3.93. The highest BCUT2D eigenvalue weighted by atomic mass is 16.2. The van der Waals surface area contributed by atoms with Crippen molar-refractivity contribution in [1.29, 1.82) is 0 Å². The van der Waals surface area contributed by atoms with E-state index in [0.29, 0.717) is 0 Å². The minimum absolute atomic E-state index is 0.0360. The molecule has 0 N–H and O–H groups in total. The summed E-state index contributed by atoms with van der Waals surface area (Å²) in [5.74, 6) is 0.0360. The van der Waals surface area contributed by atoms with Crippen molar-refractivity contribution in [3.8, 4) is 0 Å². The van der Waals surface area contributed by atoms with Crippen LogP contribution in [0.2, 0.25) is 0 Å². The van der Waals surface area contributed by atoms with Gasteiger partial charge in [-0.15, -0.1) is 0 Å². The molecule has 0 heterocycles. The fourth-order valence-corrected chi connectivity index (χ4v) is 2.00. The predicted octanol–water partition coefficient (Wildman–Crippen LogP) is 3.57. The maximum absolute atomic E-state index is 12.2. The summed E-state index contributed by atoms with van der Waals surface area (Å²) in [5, 5.41) is 2.25. The van der Waals surface area contributed by atoms with Gasteiger partial charge in [-0.2, -0.15) is 0 Å². The molecule has 0 saturated heterocycles. The van der Waals surface area contributed by atoms with Crippen molar-refractivity contribution in [1.82, 2.24) is 4.90 Å². The summed E-state index contributed by atoms with van der Waals surface area (Å²) in [4.78, 5) is 13.8. The summed E-state index contributed by atoms with van der Waals surface area (Å²) in [6.45, 7) is 1.96. The lowest BCUT2D eigenvalue weighted by atomic mass is 9.99. The van der Waals surface area contributed by atoms with Crippen molar-refractivity contribution in [2.75, 3.05) is 14.1 Å². The van der Waals surface area contributed by atoms with Gasteiger partial charge in [-0.25, -0.2) is 0 Å². The molecule has 0 radical (unpaired) electrons. The summed E-state index contributed by atoms with van der Waals surface area (Å²) in [5.41, 5.74) is 1.71. The third-order valence-electron chi connectivity index (χ3n) is 2.90. The van der Waals surface area contributed by atoms with Gasteiger partial charge in [0.2, 0.25) is 0 Å². The maximum atomic E-state index is 12.2. The summed E-state index contributed by atoms with van der Waals surface area (Å²) in [7, 11) is 3.55. The Balaban J connectivity index is 2.68. The van der Waals surface area contributed by atoms with Crippen LogP contribution in [0.3, 0.4) is 0 Å². The van der Waals surface area contributed by atoms with Crippen LogP contribution in [-0.4, -0.2) is 24.9 Å². The number of amides is 1. The first-order valence-electron chi connectivity index (χ1n) is 6.00. The number of benzene rings is 2. The Kier molecular flexibility index (Phi) is 3.47. The van der Waals surface area contributed by atoms with Crippen LogP contribution in [0.1, 0.15) is 22.8 Å². The van der Waals surface area contributed by atoms with E-state index in [4.69, 9.17) is 0 Å². The number of carbonyl (C=O) groups excluding carboxylic acids is 1. The van der Waals surface area contributed by atoms with Crippen LogP contribution in [0.4, 0.5) is 0 Å². The smallest absolute Gasteiger partial charge is 0.253 e. The van der Waals surface area contributed by atoms with Gasteiger partial charge in [-0.05, 0) is 35.4 Å². The van der Waals surface area contributed by atoms with Gasteiger partial charge in [-0.3, -0.25) is 4.79 Å². The lowest BCUT2D eigenvalue weighted by molar-refractivity contribution is 0.0827. The molecule has 0 atom stereocenters. The molecule has 0 aromatic heterocycles. The molecule has 2 heteroatoms. The number of fused-ring (bicyclic) bond motifs is 1. The second kappa shape index (κ2) is 5.05. The average Bonchev–Trinajstić information content (AvgIpc) is 2.37. The molecular formula is C16H17NO. The van der Waals surface area contributed by atoms with Crippen LogP contribution in [0, 0.1) is 0 Å². The fraction of sp³-hybridized carbons (Fsp3) is 0.188. The second-order valence-electron chi connectivity index (χ2n) is 4.49. The zero-order valence-electron chi connectivity index (χ0n) is 11.0. The molecule has 18 heavy (non-hydrogen) atoms. The van der Waals surface area contributed by atoms with E-state index in [2.05, 4.69) is 12.1 Å². The number of hydrogen-bond acceptors (Lipinski definition) is 1. The fourth-order valence-electron chi connectivity index (χ4n) is 2.00. The van der Waals surface area contributed by atoms with Gasteiger partial charge in [0, 0.05) is 19.7 Å². The molecule has 1 amide bonds. The molecule has 2 nitrogen and oxygen atoms in total. The molecule has 0 unspecified atom stereocenters. The molecule has 0 aliphatic carbocycles. The van der Waals surface area contributed by atoms with E-state index < -0.39 is 0 Å². The van der Waals surface area contributed by atoms with Gasteiger partial charge < -0.3 is 4.90 Å². The number of allylic oxidation sites excluding steroid dienone is 1. The quantitative estimate of drug-likeness (QED) is 0.784. The minimum atomic E-state index is 0.0360. The molecule has 2 rings (SSSR count). The van der Waals surface area contributed by atoms with Crippen LogP contribution >= 0.6 is 0 Å².